The third kappa shape index (κ3) is 1.85. The van der Waals surface area contributed by atoms with Crippen LogP contribution < -0.4 is 0 Å². The van der Waals surface area contributed by atoms with Crippen molar-refractivity contribution in [1.82, 2.24) is 14.6 Å². The molecule has 6 nitrogen and oxygen atoms in total. The van der Waals surface area contributed by atoms with E-state index in [1.807, 2.05) is 6.07 Å². The van der Waals surface area contributed by atoms with Crippen LogP contribution in [0.25, 0.3) is 10.5 Å². The summed E-state index contributed by atoms with van der Waals surface area (Å²) in [4.78, 5) is 11.8. The van der Waals surface area contributed by atoms with E-state index < -0.39 is 0 Å². The van der Waals surface area contributed by atoms with E-state index >= 15 is 0 Å². The molecule has 0 aliphatic heterocycles. The Labute approximate surface area is 103 Å². The van der Waals surface area contributed by atoms with Gasteiger partial charge in [0.25, 0.3) is 5.82 Å². The molecule has 0 saturated heterocycles. The van der Waals surface area contributed by atoms with Crippen molar-refractivity contribution in [3.8, 4) is 0 Å². The van der Waals surface area contributed by atoms with E-state index in [0.29, 0.717) is 17.2 Å². The molecule has 0 amide bonds. The number of nitrogens with zero attached hydrogens (tertiary/aromatic N) is 5. The molecule has 0 atom stereocenters. The zero-order valence-corrected chi connectivity index (χ0v) is 9.56. The van der Waals surface area contributed by atoms with Gasteiger partial charge in [0.2, 0.25) is 5.65 Å². The number of aliphatic hydroxyl groups excluding tert-OH is 1. The minimum atomic E-state index is -0.204. The minimum Gasteiger partial charge on any atom is -0.393 e. The van der Waals surface area contributed by atoms with Crippen molar-refractivity contribution in [2.75, 3.05) is 0 Å². The largest absolute Gasteiger partial charge is 0.393 e. The van der Waals surface area contributed by atoms with Gasteiger partial charge < -0.3 is 9.95 Å². The predicted octanol–water partition coefficient (Wildman–Crippen LogP) is 1.22. The van der Waals surface area contributed by atoms with Crippen molar-refractivity contribution in [3.05, 3.63) is 35.4 Å². The smallest absolute Gasteiger partial charge is 0.275 e. The Morgan fingerprint density at radius 1 is 1.50 bits per heavy atom. The SMILES string of the molecule is [C-]#[N+]c1cnc2ccc(C=NC3CC(O)C3)nn12. The summed E-state index contributed by atoms with van der Waals surface area (Å²) in [5, 5.41) is 13.4. The Kier molecular flexibility index (Phi) is 2.54. The number of fused-ring (bicyclic) bond motifs is 1. The van der Waals surface area contributed by atoms with Crippen LogP contribution in [0.1, 0.15) is 18.5 Å². The van der Waals surface area contributed by atoms with Gasteiger partial charge in [-0.1, -0.05) is 11.7 Å². The summed E-state index contributed by atoms with van der Waals surface area (Å²) < 4.78 is 1.50. The van der Waals surface area contributed by atoms with E-state index in [2.05, 4.69) is 19.9 Å². The van der Waals surface area contributed by atoms with E-state index in [1.54, 1.807) is 12.3 Å². The normalized spacial score (nSPS) is 23.1. The average Bonchev–Trinajstić information content (AvgIpc) is 2.75. The Morgan fingerprint density at radius 3 is 3.06 bits per heavy atom. The van der Waals surface area contributed by atoms with Crippen molar-refractivity contribution in [3.63, 3.8) is 0 Å². The lowest BCUT2D eigenvalue weighted by Crippen LogP contribution is -2.31. The van der Waals surface area contributed by atoms with Gasteiger partial charge in [-0.2, -0.15) is 0 Å². The van der Waals surface area contributed by atoms with Crippen LogP contribution in [-0.2, 0) is 0 Å². The second-order valence-corrected chi connectivity index (χ2v) is 4.31. The second kappa shape index (κ2) is 4.20. The summed E-state index contributed by atoms with van der Waals surface area (Å²) in [5.41, 5.74) is 1.34. The van der Waals surface area contributed by atoms with Crippen molar-refractivity contribution in [2.24, 2.45) is 4.99 Å². The molecule has 0 aromatic carbocycles. The maximum atomic E-state index is 9.16. The molecular formula is C12H11N5O. The number of rotatable bonds is 2. The van der Waals surface area contributed by atoms with Crippen LogP contribution in [0, 0.1) is 6.57 Å². The van der Waals surface area contributed by atoms with E-state index in [9.17, 15) is 0 Å². The molecule has 18 heavy (non-hydrogen) atoms. The maximum absolute atomic E-state index is 9.16. The highest BCUT2D eigenvalue weighted by Gasteiger charge is 2.25. The van der Waals surface area contributed by atoms with E-state index in [0.717, 1.165) is 12.8 Å². The number of aliphatic hydroxyl groups is 1. The maximum Gasteiger partial charge on any atom is 0.275 e. The van der Waals surface area contributed by atoms with Crippen LogP contribution >= 0.6 is 0 Å². The van der Waals surface area contributed by atoms with Crippen LogP contribution in [0.2, 0.25) is 0 Å². The predicted molar refractivity (Wildman–Crippen MR) is 65.9 cm³/mol. The fraction of sp³-hybridized carbons (Fsp3) is 0.333. The third-order valence-corrected chi connectivity index (χ3v) is 2.99. The van der Waals surface area contributed by atoms with Crippen LogP contribution in [0.3, 0.4) is 0 Å². The number of aliphatic imine (C=N–C) groups is 1. The third-order valence-electron chi connectivity index (χ3n) is 2.99. The van der Waals surface area contributed by atoms with Gasteiger partial charge in [-0.25, -0.2) is 4.98 Å². The van der Waals surface area contributed by atoms with Gasteiger partial charge in [0.15, 0.2) is 0 Å². The average molecular weight is 241 g/mol. The number of hydrogen-bond acceptors (Lipinski definition) is 4. The summed E-state index contributed by atoms with van der Waals surface area (Å²) >= 11 is 0. The van der Waals surface area contributed by atoms with Crippen molar-refractivity contribution >= 4 is 17.7 Å². The van der Waals surface area contributed by atoms with Crippen molar-refractivity contribution in [2.45, 2.75) is 25.0 Å². The number of hydrogen-bond donors (Lipinski definition) is 1. The van der Waals surface area contributed by atoms with Gasteiger partial charge >= 0.3 is 0 Å². The lowest BCUT2D eigenvalue weighted by atomic mass is 9.90. The molecule has 3 rings (SSSR count). The first-order valence-electron chi connectivity index (χ1n) is 5.70. The fourth-order valence-corrected chi connectivity index (χ4v) is 1.88. The van der Waals surface area contributed by atoms with Crippen molar-refractivity contribution in [1.29, 1.82) is 0 Å². The molecule has 90 valence electrons. The number of imidazole rings is 1. The summed E-state index contributed by atoms with van der Waals surface area (Å²) in [6, 6.07) is 3.81. The molecule has 0 unspecified atom stereocenters. The second-order valence-electron chi connectivity index (χ2n) is 4.31. The molecule has 0 radical (unpaired) electrons. The highest BCUT2D eigenvalue weighted by Crippen LogP contribution is 2.22. The fourth-order valence-electron chi connectivity index (χ4n) is 1.88. The molecule has 1 aliphatic carbocycles. The van der Waals surface area contributed by atoms with Crippen LogP contribution in [0.5, 0.6) is 0 Å². The highest BCUT2D eigenvalue weighted by atomic mass is 16.3. The lowest BCUT2D eigenvalue weighted by molar-refractivity contribution is 0.0780. The first-order valence-corrected chi connectivity index (χ1v) is 5.70. The van der Waals surface area contributed by atoms with Gasteiger partial charge in [-0.3, -0.25) is 4.99 Å². The Morgan fingerprint density at radius 2 is 2.33 bits per heavy atom. The Hall–Kier alpha value is -2.26. The molecule has 2 heterocycles. The minimum absolute atomic E-state index is 0.195. The zero-order valence-electron chi connectivity index (χ0n) is 9.56. The summed E-state index contributed by atoms with van der Waals surface area (Å²) in [6.07, 6.45) is 4.42. The van der Waals surface area contributed by atoms with Crippen molar-refractivity contribution < 1.29 is 5.11 Å². The van der Waals surface area contributed by atoms with Crippen LogP contribution in [0.15, 0.2) is 23.3 Å². The zero-order chi connectivity index (χ0) is 12.5. The van der Waals surface area contributed by atoms with Gasteiger partial charge in [-0.05, 0) is 18.9 Å². The molecule has 1 N–H and O–H groups in total. The first kappa shape index (κ1) is 10.9. The van der Waals surface area contributed by atoms with Gasteiger partial charge in [0.1, 0.15) is 5.69 Å². The highest BCUT2D eigenvalue weighted by molar-refractivity contribution is 5.77. The molecule has 1 aliphatic rings. The van der Waals surface area contributed by atoms with Crippen LogP contribution in [-0.4, -0.2) is 38.1 Å². The monoisotopic (exact) mass is 241 g/mol. The molecule has 6 heteroatoms. The van der Waals surface area contributed by atoms with E-state index in [1.165, 1.54) is 10.7 Å². The molecule has 1 saturated carbocycles. The van der Waals surface area contributed by atoms with Crippen LogP contribution in [0.4, 0.5) is 5.82 Å². The Balaban J connectivity index is 1.86. The van der Waals surface area contributed by atoms with E-state index in [4.69, 9.17) is 11.7 Å². The lowest BCUT2D eigenvalue weighted by Gasteiger charge is -2.27. The van der Waals surface area contributed by atoms with Gasteiger partial charge in [-0.15, -0.1) is 4.52 Å². The number of aromatic nitrogens is 3. The molecule has 0 bridgehead atoms. The van der Waals surface area contributed by atoms with Gasteiger partial charge in [0, 0.05) is 6.07 Å². The van der Waals surface area contributed by atoms with E-state index in [-0.39, 0.29) is 12.1 Å². The summed E-state index contributed by atoms with van der Waals surface area (Å²) in [5.74, 6) is 0.388. The molecule has 1 fully saturated rings. The summed E-state index contributed by atoms with van der Waals surface area (Å²) in [7, 11) is 0. The summed E-state index contributed by atoms with van der Waals surface area (Å²) in [6.45, 7) is 7.01. The standard InChI is InChI=1S/C12H11N5O/c1-13-12-7-15-11-3-2-8(16-17(11)12)6-14-9-4-10(18)5-9/h2-3,6-7,9-10,18H,4-5H2. The molecule has 2 aromatic rings. The Bertz CT molecular complexity index is 648. The topological polar surface area (TPSA) is 67.1 Å². The molecular weight excluding hydrogens is 230 g/mol. The van der Waals surface area contributed by atoms with Gasteiger partial charge in [0.05, 0.1) is 24.6 Å². The quantitative estimate of drug-likeness (QED) is 0.635. The molecule has 2 aromatic heterocycles. The first-order chi connectivity index (χ1) is 8.76. The molecule has 0 spiro atoms.